The smallest absolute Gasteiger partial charge is 0.264 e. The molecule has 0 aliphatic heterocycles. The molecule has 0 saturated carbocycles. The van der Waals surface area contributed by atoms with Crippen LogP contribution in [0.5, 0.6) is 0 Å². The average molecular weight is 568 g/mol. The van der Waals surface area contributed by atoms with E-state index in [2.05, 4.69) is 5.32 Å². The van der Waals surface area contributed by atoms with Crippen molar-refractivity contribution in [2.24, 2.45) is 0 Å². The molecule has 214 valence electrons. The van der Waals surface area contributed by atoms with Gasteiger partial charge in [0, 0.05) is 12.6 Å². The number of nitrogens with one attached hydrogen (secondary N) is 1. The fraction of sp³-hybridized carbons (Fsp3) is 0.355. The zero-order chi connectivity index (χ0) is 29.4. The molecule has 0 unspecified atom stereocenters. The summed E-state index contributed by atoms with van der Waals surface area (Å²) in [5.41, 5.74) is 2.68. The number of carbonyl (C=O) groups is 2. The Morgan fingerprint density at radius 2 is 1.55 bits per heavy atom. The number of sulfonamides is 1. The lowest BCUT2D eigenvalue weighted by Gasteiger charge is -2.33. The van der Waals surface area contributed by atoms with E-state index in [1.54, 1.807) is 43.3 Å². The molecule has 3 aromatic carbocycles. The van der Waals surface area contributed by atoms with Crippen LogP contribution < -0.4 is 9.62 Å². The van der Waals surface area contributed by atoms with E-state index in [9.17, 15) is 22.4 Å². The number of amides is 2. The molecule has 0 fully saturated rings. The van der Waals surface area contributed by atoms with Crippen LogP contribution in [-0.2, 0) is 32.6 Å². The average Bonchev–Trinajstić information content (AvgIpc) is 2.95. The number of anilines is 1. The van der Waals surface area contributed by atoms with Crippen molar-refractivity contribution in [2.75, 3.05) is 10.8 Å². The number of halogens is 1. The molecule has 3 aromatic rings. The zero-order valence-electron chi connectivity index (χ0n) is 23.7. The molecule has 0 aliphatic carbocycles. The number of hydrogen-bond donors (Lipinski definition) is 1. The predicted molar refractivity (Wildman–Crippen MR) is 156 cm³/mol. The van der Waals surface area contributed by atoms with Crippen LogP contribution in [0.2, 0.25) is 0 Å². The Hall–Kier alpha value is -3.72. The molecule has 2 amide bonds. The number of benzene rings is 3. The van der Waals surface area contributed by atoms with Gasteiger partial charge in [0.1, 0.15) is 18.4 Å². The van der Waals surface area contributed by atoms with Gasteiger partial charge in [-0.15, -0.1) is 0 Å². The highest BCUT2D eigenvalue weighted by molar-refractivity contribution is 7.92. The first-order valence-corrected chi connectivity index (χ1v) is 14.9. The molecule has 0 saturated heterocycles. The first kappa shape index (κ1) is 30.8. The summed E-state index contributed by atoms with van der Waals surface area (Å²) >= 11 is 0. The van der Waals surface area contributed by atoms with Crippen LogP contribution in [0.4, 0.5) is 10.1 Å². The molecule has 0 bridgehead atoms. The third kappa shape index (κ3) is 7.47. The van der Waals surface area contributed by atoms with E-state index in [1.807, 2.05) is 39.8 Å². The molecule has 1 N–H and O–H groups in total. The second-order valence-corrected chi connectivity index (χ2v) is 11.8. The normalized spacial score (nSPS) is 12.8. The SMILES string of the molecule is CCc1ccccc1N(CC(=O)N(Cc1ccc(F)cc1)[C@@H](C)C(=O)N[C@H](C)CC)S(=O)(=O)c1ccc(C)cc1. The van der Waals surface area contributed by atoms with Gasteiger partial charge in [-0.1, -0.05) is 61.9 Å². The molecule has 0 spiro atoms. The molecule has 0 heterocycles. The van der Waals surface area contributed by atoms with Crippen molar-refractivity contribution in [2.45, 2.75) is 71.0 Å². The first-order chi connectivity index (χ1) is 19.0. The molecule has 2 atom stereocenters. The van der Waals surface area contributed by atoms with Gasteiger partial charge in [-0.3, -0.25) is 13.9 Å². The number of rotatable bonds is 12. The van der Waals surface area contributed by atoms with Crippen LogP contribution in [0.15, 0.2) is 77.7 Å². The van der Waals surface area contributed by atoms with Crippen molar-refractivity contribution in [1.29, 1.82) is 0 Å². The third-order valence-corrected chi connectivity index (χ3v) is 8.74. The third-order valence-electron chi connectivity index (χ3n) is 6.96. The largest absolute Gasteiger partial charge is 0.352 e. The van der Waals surface area contributed by atoms with Gasteiger partial charge in [0.15, 0.2) is 0 Å². The van der Waals surface area contributed by atoms with Crippen LogP contribution in [0.1, 0.15) is 50.8 Å². The van der Waals surface area contributed by atoms with Crippen molar-refractivity contribution in [1.82, 2.24) is 10.2 Å². The molecule has 3 rings (SSSR count). The summed E-state index contributed by atoms with van der Waals surface area (Å²) < 4.78 is 42.7. The van der Waals surface area contributed by atoms with Gasteiger partial charge in [-0.05, 0) is 75.1 Å². The fourth-order valence-corrected chi connectivity index (χ4v) is 5.69. The maximum absolute atomic E-state index is 14.0. The van der Waals surface area contributed by atoms with Crippen LogP contribution in [-0.4, -0.2) is 43.8 Å². The number of hydrogen-bond acceptors (Lipinski definition) is 4. The Balaban J connectivity index is 2.06. The Bertz CT molecular complexity index is 1410. The molecule has 0 radical (unpaired) electrons. The van der Waals surface area contributed by atoms with Gasteiger partial charge in [-0.2, -0.15) is 0 Å². The summed E-state index contributed by atoms with van der Waals surface area (Å²) in [6.45, 7) is 8.68. The lowest BCUT2D eigenvalue weighted by Crippen LogP contribution is -2.52. The maximum atomic E-state index is 14.0. The van der Waals surface area contributed by atoms with Crippen molar-refractivity contribution in [3.8, 4) is 0 Å². The highest BCUT2D eigenvalue weighted by atomic mass is 32.2. The minimum Gasteiger partial charge on any atom is -0.352 e. The lowest BCUT2D eigenvalue weighted by molar-refractivity contribution is -0.139. The van der Waals surface area contributed by atoms with E-state index in [1.165, 1.54) is 29.2 Å². The van der Waals surface area contributed by atoms with Gasteiger partial charge < -0.3 is 10.2 Å². The quantitative estimate of drug-likeness (QED) is 0.325. The molecule has 9 heteroatoms. The Labute approximate surface area is 237 Å². The predicted octanol–water partition coefficient (Wildman–Crippen LogP) is 5.22. The van der Waals surface area contributed by atoms with Crippen LogP contribution in [0.25, 0.3) is 0 Å². The highest BCUT2D eigenvalue weighted by Gasteiger charge is 2.33. The maximum Gasteiger partial charge on any atom is 0.264 e. The molecule has 0 aromatic heterocycles. The number of aryl methyl sites for hydroxylation is 2. The minimum atomic E-state index is -4.14. The molecule has 40 heavy (non-hydrogen) atoms. The topological polar surface area (TPSA) is 86.8 Å². The van der Waals surface area contributed by atoms with Crippen LogP contribution >= 0.6 is 0 Å². The summed E-state index contributed by atoms with van der Waals surface area (Å²) in [5.74, 6) is -1.33. The molecular formula is C31H38FN3O4S. The summed E-state index contributed by atoms with van der Waals surface area (Å²) in [5, 5.41) is 2.90. The Morgan fingerprint density at radius 3 is 2.15 bits per heavy atom. The van der Waals surface area contributed by atoms with Crippen molar-refractivity contribution in [3.63, 3.8) is 0 Å². The van der Waals surface area contributed by atoms with Gasteiger partial charge in [-0.25, -0.2) is 12.8 Å². The number of para-hydroxylation sites is 1. The van der Waals surface area contributed by atoms with E-state index in [-0.39, 0.29) is 23.4 Å². The van der Waals surface area contributed by atoms with Crippen LogP contribution in [0, 0.1) is 12.7 Å². The van der Waals surface area contributed by atoms with E-state index in [4.69, 9.17) is 0 Å². The van der Waals surface area contributed by atoms with Gasteiger partial charge in [0.05, 0.1) is 10.6 Å². The minimum absolute atomic E-state index is 0.00203. The Kier molecular flexibility index (Phi) is 10.5. The van der Waals surface area contributed by atoms with Crippen molar-refractivity contribution < 1.29 is 22.4 Å². The van der Waals surface area contributed by atoms with Gasteiger partial charge in [0.25, 0.3) is 10.0 Å². The monoisotopic (exact) mass is 567 g/mol. The summed E-state index contributed by atoms with van der Waals surface area (Å²) in [6, 6.07) is 18.2. The number of carbonyl (C=O) groups excluding carboxylic acids is 2. The molecular weight excluding hydrogens is 529 g/mol. The van der Waals surface area contributed by atoms with E-state index >= 15 is 0 Å². The van der Waals surface area contributed by atoms with E-state index in [0.29, 0.717) is 24.1 Å². The Morgan fingerprint density at radius 1 is 0.925 bits per heavy atom. The summed E-state index contributed by atoms with van der Waals surface area (Å²) in [4.78, 5) is 28.5. The molecule has 0 aliphatic rings. The van der Waals surface area contributed by atoms with Gasteiger partial charge >= 0.3 is 0 Å². The standard InChI is InChI=1S/C31H38FN3O4S/c1-6-23(4)33-31(37)24(5)34(20-25-14-16-27(32)17-15-25)30(36)21-35(29-11-9-8-10-26(29)7-2)40(38,39)28-18-12-22(3)13-19-28/h8-19,23-24H,6-7,20-21H2,1-5H3,(H,33,37)/t23-,24+/m1/s1. The summed E-state index contributed by atoms with van der Waals surface area (Å²) in [7, 11) is -4.14. The zero-order valence-corrected chi connectivity index (χ0v) is 24.5. The van der Waals surface area contributed by atoms with Crippen molar-refractivity contribution in [3.05, 3.63) is 95.3 Å². The fourth-order valence-electron chi connectivity index (χ4n) is 4.24. The highest BCUT2D eigenvalue weighted by Crippen LogP contribution is 2.28. The molecule has 7 nitrogen and oxygen atoms in total. The lowest BCUT2D eigenvalue weighted by atomic mass is 10.1. The second kappa shape index (κ2) is 13.6. The summed E-state index contributed by atoms with van der Waals surface area (Å²) in [6.07, 6.45) is 1.26. The van der Waals surface area contributed by atoms with E-state index in [0.717, 1.165) is 15.4 Å². The van der Waals surface area contributed by atoms with Gasteiger partial charge in [0.2, 0.25) is 11.8 Å². The van der Waals surface area contributed by atoms with E-state index < -0.39 is 34.3 Å². The van der Waals surface area contributed by atoms with Crippen molar-refractivity contribution >= 4 is 27.5 Å². The number of nitrogens with zero attached hydrogens (tertiary/aromatic N) is 2. The second-order valence-electron chi connectivity index (χ2n) is 9.95. The first-order valence-electron chi connectivity index (χ1n) is 13.5. The van der Waals surface area contributed by atoms with Crippen LogP contribution in [0.3, 0.4) is 0 Å².